The van der Waals surface area contributed by atoms with Crippen LogP contribution in [0.15, 0.2) is 27.9 Å². The Labute approximate surface area is 164 Å². The number of nitrogens with one attached hydrogen (secondary N) is 1. The van der Waals surface area contributed by atoms with Gasteiger partial charge in [0, 0.05) is 7.11 Å². The Kier molecular flexibility index (Phi) is 5.99. The Morgan fingerprint density at radius 2 is 2.28 bits per heavy atom. The van der Waals surface area contributed by atoms with Crippen LogP contribution in [0.1, 0.15) is 28.7 Å². The lowest BCUT2D eigenvalue weighted by Crippen LogP contribution is -2.20. The van der Waals surface area contributed by atoms with Gasteiger partial charge in [0.1, 0.15) is 5.69 Å². The summed E-state index contributed by atoms with van der Waals surface area (Å²) in [6.07, 6.45) is 1.39. The number of nitrogens with two attached hydrogens (primary N) is 1. The van der Waals surface area contributed by atoms with Crippen molar-refractivity contribution in [2.24, 2.45) is 5.10 Å². The summed E-state index contributed by atoms with van der Waals surface area (Å²) >= 11 is 0. The lowest BCUT2D eigenvalue weighted by atomic mass is 10.2. The minimum absolute atomic E-state index is 0.00143. The Morgan fingerprint density at radius 3 is 2.97 bits per heavy atom. The van der Waals surface area contributed by atoms with Crippen LogP contribution in [0, 0.1) is 0 Å². The van der Waals surface area contributed by atoms with Gasteiger partial charge in [0.2, 0.25) is 11.6 Å². The number of benzene rings is 1. The average molecular weight is 402 g/mol. The molecule has 0 aliphatic rings. The maximum atomic E-state index is 12.5. The van der Waals surface area contributed by atoms with Gasteiger partial charge in [-0.15, -0.1) is 5.10 Å². The molecule has 0 bridgehead atoms. The van der Waals surface area contributed by atoms with Crippen molar-refractivity contribution < 1.29 is 24.0 Å². The number of ether oxygens (including phenoxy) is 2. The summed E-state index contributed by atoms with van der Waals surface area (Å²) in [6.45, 7) is 2.20. The molecule has 4 N–H and O–H groups in total. The van der Waals surface area contributed by atoms with Gasteiger partial charge in [-0.3, -0.25) is 4.79 Å². The van der Waals surface area contributed by atoms with Crippen molar-refractivity contribution >= 4 is 17.9 Å². The molecule has 13 heteroatoms. The van der Waals surface area contributed by atoms with Gasteiger partial charge in [0.25, 0.3) is 5.91 Å². The van der Waals surface area contributed by atoms with Gasteiger partial charge in [0.15, 0.2) is 17.2 Å². The molecule has 3 rings (SSSR count). The average Bonchev–Trinajstić information content (AvgIpc) is 3.30. The molecule has 0 spiro atoms. The molecule has 1 amide bonds. The highest BCUT2D eigenvalue weighted by Gasteiger charge is 2.23. The standard InChI is InChI=1S/C16H18N8O5/c1-3-28-12-6-9(4-5-11(12)25)7-18-20-16(26)13-10(8-27-2)24(23-19-13)15-14(17)21-29-22-15/h4-7,25H,3,8H2,1-2H3,(H2,17,21)(H,20,26)/b18-7+. The van der Waals surface area contributed by atoms with Crippen LogP contribution in [0.5, 0.6) is 11.5 Å². The van der Waals surface area contributed by atoms with Crippen molar-refractivity contribution in [2.45, 2.75) is 13.5 Å². The molecule has 2 aromatic heterocycles. The Hall–Kier alpha value is -4.00. The second-order valence-corrected chi connectivity index (χ2v) is 5.56. The molecule has 0 aliphatic carbocycles. The predicted octanol–water partition coefficient (Wildman–Crippen LogP) is 0.247. The van der Waals surface area contributed by atoms with Crippen LogP contribution in [-0.2, 0) is 11.3 Å². The summed E-state index contributed by atoms with van der Waals surface area (Å²) in [5.41, 5.74) is 8.87. The van der Waals surface area contributed by atoms with Crippen LogP contribution in [-0.4, -0.2) is 56.3 Å². The normalized spacial score (nSPS) is 11.1. The van der Waals surface area contributed by atoms with E-state index in [-0.39, 0.29) is 35.4 Å². The SMILES string of the molecule is CCOc1cc(/C=N/NC(=O)c2nnn(-c3nonc3N)c2COC)ccc1O. The van der Waals surface area contributed by atoms with Crippen LogP contribution >= 0.6 is 0 Å². The zero-order valence-electron chi connectivity index (χ0n) is 15.6. The number of hydrogen-bond acceptors (Lipinski definition) is 11. The first kappa shape index (κ1) is 19.8. The van der Waals surface area contributed by atoms with E-state index < -0.39 is 5.91 Å². The van der Waals surface area contributed by atoms with Gasteiger partial charge in [-0.25, -0.2) is 10.1 Å². The molecule has 0 saturated carbocycles. The fourth-order valence-electron chi connectivity index (χ4n) is 2.35. The minimum Gasteiger partial charge on any atom is -0.504 e. The number of hydrogen-bond donors (Lipinski definition) is 3. The third-order valence-electron chi connectivity index (χ3n) is 3.62. The summed E-state index contributed by atoms with van der Waals surface area (Å²) in [4.78, 5) is 12.5. The van der Waals surface area contributed by atoms with Gasteiger partial charge in [-0.1, -0.05) is 5.21 Å². The third-order valence-corrected chi connectivity index (χ3v) is 3.62. The number of carbonyl (C=O) groups is 1. The number of rotatable bonds is 8. The maximum Gasteiger partial charge on any atom is 0.293 e. The molecule has 13 nitrogen and oxygen atoms in total. The highest BCUT2D eigenvalue weighted by Crippen LogP contribution is 2.26. The quantitative estimate of drug-likeness (QED) is 0.349. The summed E-state index contributed by atoms with van der Waals surface area (Å²) in [6, 6.07) is 4.66. The van der Waals surface area contributed by atoms with Crippen LogP contribution in [0.3, 0.4) is 0 Å². The predicted molar refractivity (Wildman–Crippen MR) is 98.7 cm³/mol. The van der Waals surface area contributed by atoms with Crippen LogP contribution in [0.2, 0.25) is 0 Å². The third kappa shape index (κ3) is 4.30. The van der Waals surface area contributed by atoms with E-state index in [1.807, 2.05) is 0 Å². The molecule has 1 aromatic carbocycles. The van der Waals surface area contributed by atoms with Gasteiger partial charge < -0.3 is 20.3 Å². The molecular formula is C16H18N8O5. The van der Waals surface area contributed by atoms with E-state index in [0.29, 0.717) is 17.9 Å². The Morgan fingerprint density at radius 1 is 1.45 bits per heavy atom. The molecule has 0 fully saturated rings. The van der Waals surface area contributed by atoms with E-state index >= 15 is 0 Å². The smallest absolute Gasteiger partial charge is 0.293 e. The van der Waals surface area contributed by atoms with Crippen molar-refractivity contribution in [1.82, 2.24) is 30.7 Å². The van der Waals surface area contributed by atoms with Crippen molar-refractivity contribution in [3.63, 3.8) is 0 Å². The fraction of sp³-hybridized carbons (Fsp3) is 0.250. The molecule has 3 aromatic rings. The first-order valence-electron chi connectivity index (χ1n) is 8.36. The molecule has 152 valence electrons. The van der Waals surface area contributed by atoms with E-state index in [1.165, 1.54) is 24.1 Å². The lowest BCUT2D eigenvalue weighted by Gasteiger charge is -2.06. The van der Waals surface area contributed by atoms with Gasteiger partial charge in [-0.2, -0.15) is 9.78 Å². The highest BCUT2D eigenvalue weighted by molar-refractivity contribution is 5.94. The first-order chi connectivity index (χ1) is 14.0. The largest absolute Gasteiger partial charge is 0.504 e. The molecule has 2 heterocycles. The Balaban J connectivity index is 1.77. The zero-order valence-corrected chi connectivity index (χ0v) is 15.6. The monoisotopic (exact) mass is 402 g/mol. The Bertz CT molecular complexity index is 1030. The molecule has 0 saturated heterocycles. The summed E-state index contributed by atoms with van der Waals surface area (Å²) in [5, 5.41) is 28.4. The van der Waals surface area contributed by atoms with Crippen molar-refractivity contribution in [1.29, 1.82) is 0 Å². The summed E-state index contributed by atoms with van der Waals surface area (Å²) in [5.74, 6) is -0.241. The second-order valence-electron chi connectivity index (χ2n) is 5.56. The van der Waals surface area contributed by atoms with Crippen molar-refractivity contribution in [2.75, 3.05) is 19.5 Å². The molecule has 0 atom stereocenters. The lowest BCUT2D eigenvalue weighted by molar-refractivity contribution is 0.0944. The van der Waals surface area contributed by atoms with Crippen LogP contribution in [0.25, 0.3) is 5.82 Å². The number of methoxy groups -OCH3 is 1. The second kappa shape index (κ2) is 8.79. The van der Waals surface area contributed by atoms with E-state index in [2.05, 4.69) is 35.8 Å². The molecule has 0 aliphatic heterocycles. The van der Waals surface area contributed by atoms with Crippen molar-refractivity contribution in [3.8, 4) is 17.3 Å². The zero-order chi connectivity index (χ0) is 20.8. The van der Waals surface area contributed by atoms with Crippen LogP contribution in [0.4, 0.5) is 5.82 Å². The number of hydrazone groups is 1. The van der Waals surface area contributed by atoms with E-state index in [0.717, 1.165) is 0 Å². The summed E-state index contributed by atoms with van der Waals surface area (Å²) in [7, 11) is 1.45. The number of nitrogens with zero attached hydrogens (tertiary/aromatic N) is 6. The number of phenols is 1. The molecular weight excluding hydrogens is 384 g/mol. The summed E-state index contributed by atoms with van der Waals surface area (Å²) < 4.78 is 16.1. The number of amides is 1. The van der Waals surface area contributed by atoms with E-state index in [9.17, 15) is 9.90 Å². The van der Waals surface area contributed by atoms with Gasteiger partial charge in [0.05, 0.1) is 19.4 Å². The number of nitrogen functional groups attached to an aromatic ring is 1. The molecule has 29 heavy (non-hydrogen) atoms. The number of carbonyl (C=O) groups excluding carboxylic acids is 1. The van der Waals surface area contributed by atoms with E-state index in [1.54, 1.807) is 19.1 Å². The number of aromatic hydroxyl groups is 1. The first-order valence-corrected chi connectivity index (χ1v) is 8.36. The van der Waals surface area contributed by atoms with Gasteiger partial charge >= 0.3 is 0 Å². The fourth-order valence-corrected chi connectivity index (χ4v) is 2.35. The van der Waals surface area contributed by atoms with E-state index in [4.69, 9.17) is 15.2 Å². The highest BCUT2D eigenvalue weighted by atomic mass is 16.6. The minimum atomic E-state index is -0.626. The number of aromatic nitrogens is 5. The van der Waals surface area contributed by atoms with Crippen LogP contribution < -0.4 is 15.9 Å². The molecule has 0 unspecified atom stereocenters. The van der Waals surface area contributed by atoms with Gasteiger partial charge in [-0.05, 0) is 41.0 Å². The molecule has 0 radical (unpaired) electrons. The number of phenolic OH excluding ortho intramolecular Hbond substituents is 1. The maximum absolute atomic E-state index is 12.5. The number of anilines is 1. The topological polar surface area (TPSA) is 176 Å². The van der Waals surface area contributed by atoms with Crippen molar-refractivity contribution in [3.05, 3.63) is 35.2 Å².